The summed E-state index contributed by atoms with van der Waals surface area (Å²) in [7, 11) is -5.06. The molecule has 1 fully saturated rings. The number of hydrogen-bond acceptors (Lipinski definition) is 11. The summed E-state index contributed by atoms with van der Waals surface area (Å²) in [4.78, 5) is 12.9. The zero-order chi connectivity index (χ0) is 47.5. The lowest BCUT2D eigenvalue weighted by Gasteiger charge is -2.41. The summed E-state index contributed by atoms with van der Waals surface area (Å²) in [6.45, 7) is 3.89. The lowest BCUT2D eigenvalue weighted by molar-refractivity contribution is -0.301. The zero-order valence-electron chi connectivity index (χ0n) is 40.8. The summed E-state index contributed by atoms with van der Waals surface area (Å²) in [6, 6.07) is 0. The van der Waals surface area contributed by atoms with E-state index < -0.39 is 59.8 Å². The number of carbonyl (C=O) groups excluding carboxylic acids is 1. The van der Waals surface area contributed by atoms with E-state index in [4.69, 9.17) is 18.9 Å². The maximum absolute atomic E-state index is 12.9. The minimum atomic E-state index is -5.06. The second kappa shape index (κ2) is 43.3. The minimum Gasteiger partial charge on any atom is -0.457 e. The summed E-state index contributed by atoms with van der Waals surface area (Å²) < 4.78 is 59.2. The smallest absolute Gasteiger partial charge is 0.397 e. The molecule has 6 atom stereocenters. The molecular formula is C52H94O12S. The Morgan fingerprint density at radius 3 is 1.55 bits per heavy atom. The van der Waals surface area contributed by atoms with E-state index in [0.29, 0.717) is 13.0 Å². The molecule has 1 rings (SSSR count). The summed E-state index contributed by atoms with van der Waals surface area (Å²) >= 11 is 0. The molecule has 0 spiro atoms. The van der Waals surface area contributed by atoms with Crippen molar-refractivity contribution in [3.05, 3.63) is 48.6 Å². The third-order valence-electron chi connectivity index (χ3n) is 11.7. The Balaban J connectivity index is 2.32. The van der Waals surface area contributed by atoms with Crippen molar-refractivity contribution in [2.24, 2.45) is 0 Å². The molecule has 65 heavy (non-hydrogen) atoms. The van der Waals surface area contributed by atoms with Crippen molar-refractivity contribution < 1.29 is 56.2 Å². The van der Waals surface area contributed by atoms with Gasteiger partial charge in [0.05, 0.1) is 19.8 Å². The van der Waals surface area contributed by atoms with E-state index in [1.54, 1.807) is 0 Å². The Kier molecular flexibility index (Phi) is 40.7. The molecule has 0 aromatic rings. The van der Waals surface area contributed by atoms with Gasteiger partial charge in [0, 0.05) is 13.0 Å². The SMILES string of the molecule is CC/C=C\C/C=C\C/C=C\C/C=C\CCCCCCCCCCCCCOCC(COC1OC(CO)C(O)C(OS(=O)(=O)O)C1O)OC(=O)CCCCCCCCCCCCCCCC. The molecule has 0 aliphatic carbocycles. The predicted octanol–water partition coefficient (Wildman–Crippen LogP) is 11.9. The predicted molar refractivity (Wildman–Crippen MR) is 262 cm³/mol. The zero-order valence-corrected chi connectivity index (χ0v) is 41.6. The second-order valence-corrected chi connectivity index (χ2v) is 18.8. The lowest BCUT2D eigenvalue weighted by atomic mass is 9.99. The first-order valence-corrected chi connectivity index (χ1v) is 27.3. The van der Waals surface area contributed by atoms with Crippen LogP contribution in [-0.2, 0) is 38.3 Å². The van der Waals surface area contributed by atoms with Crippen molar-refractivity contribution in [3.63, 3.8) is 0 Å². The van der Waals surface area contributed by atoms with Crippen LogP contribution in [0.4, 0.5) is 0 Å². The number of esters is 1. The third kappa shape index (κ3) is 36.7. The van der Waals surface area contributed by atoms with Gasteiger partial charge < -0.3 is 34.3 Å². The Morgan fingerprint density at radius 1 is 0.600 bits per heavy atom. The minimum absolute atomic E-state index is 0.0355. The van der Waals surface area contributed by atoms with Crippen molar-refractivity contribution in [2.75, 3.05) is 26.4 Å². The van der Waals surface area contributed by atoms with Crippen LogP contribution in [0.5, 0.6) is 0 Å². The lowest BCUT2D eigenvalue weighted by Crippen LogP contribution is -2.60. The molecule has 1 aliphatic heterocycles. The molecule has 13 heteroatoms. The number of rotatable bonds is 45. The standard InChI is InChI=1S/C52H94O12S/c1-3-5-7-9-11-13-15-17-19-20-21-22-23-24-25-26-27-28-30-32-34-36-38-40-42-60-44-46(45-61-52-50(56)51(64-65(57,58)59)49(55)47(43-53)63-52)62-48(54)41-39-37-35-33-31-29-18-16-14-12-10-8-6-4-2/h5,7,11,13,17,19,21-22,46-47,49-53,55-56H,3-4,6,8-10,12,14-16,18,20,23-45H2,1-2H3,(H,57,58,59)/b7-5-,13-11-,19-17-,22-21-. The van der Waals surface area contributed by atoms with Crippen molar-refractivity contribution in [3.8, 4) is 0 Å². The highest BCUT2D eigenvalue weighted by molar-refractivity contribution is 7.80. The Hall–Kier alpha value is -1.94. The number of allylic oxidation sites excluding steroid dienone is 8. The average Bonchev–Trinajstić information content (AvgIpc) is 3.28. The van der Waals surface area contributed by atoms with Crippen LogP contribution >= 0.6 is 0 Å². The molecule has 12 nitrogen and oxygen atoms in total. The van der Waals surface area contributed by atoms with Gasteiger partial charge in [-0.2, -0.15) is 8.42 Å². The largest absolute Gasteiger partial charge is 0.457 e. The first-order chi connectivity index (χ1) is 31.6. The highest BCUT2D eigenvalue weighted by atomic mass is 32.3. The van der Waals surface area contributed by atoms with Crippen LogP contribution in [0.3, 0.4) is 0 Å². The molecule has 1 saturated heterocycles. The van der Waals surface area contributed by atoms with Crippen LogP contribution in [0.2, 0.25) is 0 Å². The fraction of sp³-hybridized carbons (Fsp3) is 0.827. The first kappa shape index (κ1) is 61.1. The van der Waals surface area contributed by atoms with Gasteiger partial charge in [0.25, 0.3) is 0 Å². The maximum atomic E-state index is 12.9. The number of unbranched alkanes of at least 4 members (excludes halogenated alkanes) is 24. The Bertz CT molecular complexity index is 1320. The molecule has 0 bridgehead atoms. The normalized spacial score (nSPS) is 20.0. The molecule has 0 saturated carbocycles. The highest BCUT2D eigenvalue weighted by Crippen LogP contribution is 2.26. The third-order valence-corrected chi connectivity index (χ3v) is 12.2. The van der Waals surface area contributed by atoms with Gasteiger partial charge in [-0.15, -0.1) is 0 Å². The molecule has 380 valence electrons. The van der Waals surface area contributed by atoms with Gasteiger partial charge in [0.15, 0.2) is 6.29 Å². The maximum Gasteiger partial charge on any atom is 0.397 e. The van der Waals surface area contributed by atoms with E-state index in [9.17, 15) is 33.1 Å². The van der Waals surface area contributed by atoms with Crippen LogP contribution in [-0.4, -0.2) is 97.5 Å². The fourth-order valence-corrected chi connectivity index (χ4v) is 8.35. The quantitative estimate of drug-likeness (QED) is 0.0197. The average molecular weight is 943 g/mol. The van der Waals surface area contributed by atoms with E-state index in [2.05, 4.69) is 66.6 Å². The van der Waals surface area contributed by atoms with Crippen LogP contribution < -0.4 is 0 Å². The Labute approximate surface area is 396 Å². The van der Waals surface area contributed by atoms with Crippen molar-refractivity contribution in [2.45, 2.75) is 250 Å². The molecule has 0 radical (unpaired) electrons. The molecule has 1 aliphatic rings. The molecule has 0 aromatic heterocycles. The van der Waals surface area contributed by atoms with E-state index in [1.165, 1.54) is 116 Å². The van der Waals surface area contributed by atoms with Crippen LogP contribution in [0.1, 0.15) is 213 Å². The number of aliphatic hydroxyl groups is 3. The van der Waals surface area contributed by atoms with Gasteiger partial charge in [0.1, 0.15) is 30.5 Å². The molecule has 1 heterocycles. The van der Waals surface area contributed by atoms with E-state index in [-0.39, 0.29) is 19.6 Å². The molecule has 0 amide bonds. The van der Waals surface area contributed by atoms with Gasteiger partial charge in [0.2, 0.25) is 0 Å². The molecule has 0 aromatic carbocycles. The number of ether oxygens (including phenoxy) is 4. The van der Waals surface area contributed by atoms with Gasteiger partial charge in [-0.25, -0.2) is 4.18 Å². The van der Waals surface area contributed by atoms with Crippen LogP contribution in [0.25, 0.3) is 0 Å². The molecule has 6 unspecified atom stereocenters. The van der Waals surface area contributed by atoms with Gasteiger partial charge in [-0.3, -0.25) is 9.35 Å². The summed E-state index contributed by atoms with van der Waals surface area (Å²) in [5.74, 6) is -0.399. The number of hydrogen-bond donors (Lipinski definition) is 4. The van der Waals surface area contributed by atoms with Gasteiger partial charge in [-0.1, -0.05) is 204 Å². The number of carbonyl (C=O) groups is 1. The van der Waals surface area contributed by atoms with Crippen molar-refractivity contribution >= 4 is 16.4 Å². The van der Waals surface area contributed by atoms with E-state index in [1.807, 2.05) is 0 Å². The highest BCUT2D eigenvalue weighted by Gasteiger charge is 2.48. The van der Waals surface area contributed by atoms with E-state index in [0.717, 1.165) is 70.6 Å². The summed E-state index contributed by atoms with van der Waals surface area (Å²) in [6.07, 6.45) is 44.3. The first-order valence-electron chi connectivity index (χ1n) is 25.9. The van der Waals surface area contributed by atoms with Gasteiger partial charge >= 0.3 is 16.4 Å². The molecule has 4 N–H and O–H groups in total. The van der Waals surface area contributed by atoms with Gasteiger partial charge in [-0.05, 0) is 51.4 Å². The monoisotopic (exact) mass is 943 g/mol. The number of aliphatic hydroxyl groups excluding tert-OH is 3. The van der Waals surface area contributed by atoms with Crippen molar-refractivity contribution in [1.29, 1.82) is 0 Å². The fourth-order valence-electron chi connectivity index (χ4n) is 7.84. The topological polar surface area (TPSA) is 178 Å². The second-order valence-electron chi connectivity index (χ2n) is 17.7. The molecular weight excluding hydrogens is 849 g/mol. The van der Waals surface area contributed by atoms with Crippen LogP contribution in [0.15, 0.2) is 48.6 Å². The van der Waals surface area contributed by atoms with Crippen LogP contribution in [0, 0.1) is 0 Å². The Morgan fingerprint density at radius 2 is 1.06 bits per heavy atom. The van der Waals surface area contributed by atoms with Crippen molar-refractivity contribution in [1.82, 2.24) is 0 Å². The van der Waals surface area contributed by atoms with E-state index >= 15 is 0 Å². The summed E-state index contributed by atoms with van der Waals surface area (Å²) in [5.41, 5.74) is 0. The summed E-state index contributed by atoms with van der Waals surface area (Å²) in [5, 5.41) is 30.7.